The summed E-state index contributed by atoms with van der Waals surface area (Å²) in [6.45, 7) is 2.86. The van der Waals surface area contributed by atoms with Gasteiger partial charge in [-0.1, -0.05) is 30.3 Å². The molecule has 144 valence electrons. The second-order valence-corrected chi connectivity index (χ2v) is 10.7. The van der Waals surface area contributed by atoms with E-state index in [9.17, 15) is 13.2 Å². The second-order valence-electron chi connectivity index (χ2n) is 7.32. The van der Waals surface area contributed by atoms with Gasteiger partial charge in [-0.15, -0.1) is 11.3 Å². The molecule has 2 fully saturated rings. The predicted molar refractivity (Wildman–Crippen MR) is 106 cm³/mol. The van der Waals surface area contributed by atoms with Gasteiger partial charge in [0.1, 0.15) is 10.3 Å². The van der Waals surface area contributed by atoms with E-state index in [0.717, 1.165) is 29.7 Å². The highest BCUT2D eigenvalue weighted by Gasteiger charge is 2.44. The normalized spacial score (nSPS) is 20.7. The van der Waals surface area contributed by atoms with E-state index >= 15 is 0 Å². The number of amides is 1. The van der Waals surface area contributed by atoms with Gasteiger partial charge in [0.2, 0.25) is 5.91 Å². The number of thiophene rings is 1. The van der Waals surface area contributed by atoms with E-state index in [1.807, 2.05) is 48.2 Å². The smallest absolute Gasteiger partial charge is 0.253 e. The Hall–Kier alpha value is -1.70. The summed E-state index contributed by atoms with van der Waals surface area (Å²) in [4.78, 5) is 16.2. The summed E-state index contributed by atoms with van der Waals surface area (Å²) in [6.07, 6.45) is 3.33. The summed E-state index contributed by atoms with van der Waals surface area (Å²) in [5, 5.41) is 0. The number of carbonyl (C=O) groups excluding carboxylic acids is 1. The highest BCUT2D eigenvalue weighted by molar-refractivity contribution is 7.91. The van der Waals surface area contributed by atoms with Crippen LogP contribution in [0.3, 0.4) is 0 Å². The lowest BCUT2D eigenvalue weighted by Gasteiger charge is -2.30. The molecule has 1 amide bonds. The Kier molecular flexibility index (Phi) is 5.09. The lowest BCUT2D eigenvalue weighted by molar-refractivity contribution is -0.135. The highest BCUT2D eigenvalue weighted by Crippen LogP contribution is 2.34. The standard InChI is InChI=1S/C20H24N2O3S2/c1-15-9-12-19(26-15)27(24,25)22-13-5-8-18(22)20(23)21(17-10-11-17)14-16-6-3-2-4-7-16/h2-4,6-7,9,12,17-18H,5,8,10-11,13-14H2,1H3. The van der Waals surface area contributed by atoms with E-state index in [4.69, 9.17) is 0 Å². The molecule has 1 atom stereocenters. The number of carbonyl (C=O) groups is 1. The van der Waals surface area contributed by atoms with Gasteiger partial charge in [0, 0.05) is 24.0 Å². The van der Waals surface area contributed by atoms with E-state index in [1.54, 1.807) is 6.07 Å². The summed E-state index contributed by atoms with van der Waals surface area (Å²) < 4.78 is 28.0. The molecule has 0 N–H and O–H groups in total. The van der Waals surface area contributed by atoms with Gasteiger partial charge in [-0.3, -0.25) is 4.79 Å². The first kappa shape index (κ1) is 18.7. The van der Waals surface area contributed by atoms with Gasteiger partial charge in [-0.25, -0.2) is 8.42 Å². The molecule has 2 heterocycles. The summed E-state index contributed by atoms with van der Waals surface area (Å²) in [7, 11) is -3.62. The Balaban J connectivity index is 1.57. The van der Waals surface area contributed by atoms with Crippen LogP contribution in [0.5, 0.6) is 0 Å². The van der Waals surface area contributed by atoms with Gasteiger partial charge in [-0.2, -0.15) is 4.31 Å². The number of aryl methyl sites for hydroxylation is 1. The Morgan fingerprint density at radius 3 is 2.52 bits per heavy atom. The fourth-order valence-corrected chi connectivity index (χ4v) is 6.75. The molecule has 2 aliphatic rings. The largest absolute Gasteiger partial charge is 0.334 e. The first-order chi connectivity index (χ1) is 13.0. The molecule has 5 nitrogen and oxygen atoms in total. The van der Waals surface area contributed by atoms with E-state index < -0.39 is 16.1 Å². The number of benzene rings is 1. The third-order valence-electron chi connectivity index (χ3n) is 5.23. The molecular weight excluding hydrogens is 380 g/mol. The summed E-state index contributed by atoms with van der Waals surface area (Å²) in [5.74, 6) is -0.0456. The number of rotatable bonds is 6. The highest BCUT2D eigenvalue weighted by atomic mass is 32.2. The first-order valence-electron chi connectivity index (χ1n) is 9.39. The first-order valence-corrected chi connectivity index (χ1v) is 11.6. The quantitative estimate of drug-likeness (QED) is 0.741. The third-order valence-corrected chi connectivity index (χ3v) is 8.61. The molecular formula is C20H24N2O3S2. The van der Waals surface area contributed by atoms with Gasteiger partial charge in [-0.05, 0) is 50.3 Å². The molecule has 7 heteroatoms. The molecule has 4 rings (SSSR count). The molecule has 1 unspecified atom stereocenters. The molecule has 1 saturated heterocycles. The van der Waals surface area contributed by atoms with Crippen molar-refractivity contribution in [3.8, 4) is 0 Å². The van der Waals surface area contributed by atoms with Crippen LogP contribution < -0.4 is 0 Å². The van der Waals surface area contributed by atoms with Crippen LogP contribution in [0.25, 0.3) is 0 Å². The van der Waals surface area contributed by atoms with Crippen LogP contribution in [0.4, 0.5) is 0 Å². The molecule has 0 radical (unpaired) electrons. The average molecular weight is 405 g/mol. The summed E-state index contributed by atoms with van der Waals surface area (Å²) >= 11 is 1.27. The lowest BCUT2D eigenvalue weighted by atomic mass is 10.1. The van der Waals surface area contributed by atoms with Crippen molar-refractivity contribution in [2.45, 2.75) is 55.4 Å². The van der Waals surface area contributed by atoms with Crippen molar-refractivity contribution in [1.82, 2.24) is 9.21 Å². The number of sulfonamides is 1. The van der Waals surface area contributed by atoms with Crippen LogP contribution in [0, 0.1) is 6.92 Å². The predicted octanol–water partition coefficient (Wildman–Crippen LogP) is 3.40. The molecule has 0 spiro atoms. The van der Waals surface area contributed by atoms with Crippen molar-refractivity contribution in [3.05, 3.63) is 52.9 Å². The van der Waals surface area contributed by atoms with Crippen LogP contribution in [0.15, 0.2) is 46.7 Å². The molecule has 0 bridgehead atoms. The Labute approximate surface area is 164 Å². The van der Waals surface area contributed by atoms with Crippen LogP contribution in [-0.4, -0.2) is 42.2 Å². The average Bonchev–Trinajstić information content (AvgIpc) is 3.18. The Morgan fingerprint density at radius 2 is 1.89 bits per heavy atom. The second kappa shape index (κ2) is 7.37. The van der Waals surface area contributed by atoms with E-state index in [1.165, 1.54) is 15.6 Å². The van der Waals surface area contributed by atoms with Gasteiger partial charge in [0.05, 0.1) is 0 Å². The van der Waals surface area contributed by atoms with E-state index in [2.05, 4.69) is 0 Å². The van der Waals surface area contributed by atoms with E-state index in [-0.39, 0.29) is 11.9 Å². The maximum atomic E-state index is 13.3. The van der Waals surface area contributed by atoms with Crippen LogP contribution >= 0.6 is 11.3 Å². The van der Waals surface area contributed by atoms with Gasteiger partial charge in [0.15, 0.2) is 0 Å². The number of nitrogens with zero attached hydrogens (tertiary/aromatic N) is 2. The summed E-state index contributed by atoms with van der Waals surface area (Å²) in [6, 6.07) is 13.1. The van der Waals surface area contributed by atoms with Crippen LogP contribution in [-0.2, 0) is 21.4 Å². The maximum Gasteiger partial charge on any atom is 0.253 e. The maximum absolute atomic E-state index is 13.3. The number of hydrogen-bond donors (Lipinski definition) is 0. The van der Waals surface area contributed by atoms with Crippen LogP contribution in [0.1, 0.15) is 36.1 Å². The minimum Gasteiger partial charge on any atom is -0.334 e. The monoisotopic (exact) mass is 404 g/mol. The number of hydrogen-bond acceptors (Lipinski definition) is 4. The molecule has 1 aliphatic heterocycles. The fraction of sp³-hybridized carbons (Fsp3) is 0.450. The minimum atomic E-state index is -3.62. The van der Waals surface area contributed by atoms with Crippen LogP contribution in [0.2, 0.25) is 0 Å². The van der Waals surface area contributed by atoms with E-state index in [0.29, 0.717) is 23.7 Å². The van der Waals surface area contributed by atoms with Crippen molar-refractivity contribution in [3.63, 3.8) is 0 Å². The fourth-order valence-electron chi connectivity index (χ4n) is 3.69. The molecule has 1 saturated carbocycles. The minimum absolute atomic E-state index is 0.0456. The van der Waals surface area contributed by atoms with Crippen molar-refractivity contribution < 1.29 is 13.2 Å². The molecule has 27 heavy (non-hydrogen) atoms. The molecule has 1 aromatic carbocycles. The molecule has 1 aromatic heterocycles. The van der Waals surface area contributed by atoms with Gasteiger partial charge in [0.25, 0.3) is 10.0 Å². The van der Waals surface area contributed by atoms with Crippen molar-refractivity contribution in [2.24, 2.45) is 0 Å². The molecule has 1 aliphatic carbocycles. The van der Waals surface area contributed by atoms with Crippen molar-refractivity contribution in [1.29, 1.82) is 0 Å². The lowest BCUT2D eigenvalue weighted by Crippen LogP contribution is -2.48. The Morgan fingerprint density at radius 1 is 1.15 bits per heavy atom. The van der Waals surface area contributed by atoms with Crippen molar-refractivity contribution >= 4 is 27.3 Å². The van der Waals surface area contributed by atoms with Gasteiger partial charge >= 0.3 is 0 Å². The zero-order valence-electron chi connectivity index (χ0n) is 15.4. The van der Waals surface area contributed by atoms with Crippen molar-refractivity contribution in [2.75, 3.05) is 6.54 Å². The molecule has 2 aromatic rings. The Bertz CT molecular complexity index is 920. The zero-order valence-corrected chi connectivity index (χ0v) is 17.0. The van der Waals surface area contributed by atoms with Gasteiger partial charge < -0.3 is 4.90 Å². The topological polar surface area (TPSA) is 57.7 Å². The third kappa shape index (κ3) is 3.81. The summed E-state index contributed by atoms with van der Waals surface area (Å²) in [5.41, 5.74) is 1.08. The zero-order chi connectivity index (χ0) is 19.0. The SMILES string of the molecule is Cc1ccc(S(=O)(=O)N2CCCC2C(=O)N(Cc2ccccc2)C2CC2)s1.